The van der Waals surface area contributed by atoms with Gasteiger partial charge < -0.3 is 14.8 Å². The average Bonchev–Trinajstić information content (AvgIpc) is 2.91. The maximum absolute atomic E-state index is 13.3. The third kappa shape index (κ3) is 3.06. The first-order valence-corrected chi connectivity index (χ1v) is 7.22. The molecule has 2 heterocycles. The molecule has 0 radical (unpaired) electrons. The second kappa shape index (κ2) is 5.96. The number of likely N-dealkylation sites (tertiary alicyclic amines) is 1. The molecule has 1 aromatic rings. The third-order valence-electron chi connectivity index (χ3n) is 3.31. The van der Waals surface area contributed by atoms with Crippen LogP contribution in [0, 0.1) is 6.92 Å². The Bertz CT molecular complexity index is 653. The number of hydrogen-bond donors (Lipinski definition) is 1. The Hall–Kier alpha value is -2.09. The van der Waals surface area contributed by atoms with E-state index < -0.39 is 30.3 Å². The minimum atomic E-state index is -3.50. The first-order valence-electron chi connectivity index (χ1n) is 6.40. The molecule has 22 heavy (non-hydrogen) atoms. The van der Waals surface area contributed by atoms with Crippen LogP contribution in [-0.2, 0) is 9.59 Å². The van der Waals surface area contributed by atoms with Gasteiger partial charge in [-0.1, -0.05) is 6.08 Å². The molecule has 118 valence electrons. The normalized spacial score (nSPS) is 20.8. The predicted octanol–water partition coefficient (Wildman–Crippen LogP) is 2.20. The van der Waals surface area contributed by atoms with Crippen molar-refractivity contribution in [1.82, 2.24) is 4.90 Å². The second-order valence-corrected chi connectivity index (χ2v) is 6.02. The molecule has 1 amide bonds. The highest BCUT2D eigenvalue weighted by Gasteiger charge is 2.52. The Balaban J connectivity index is 2.09. The summed E-state index contributed by atoms with van der Waals surface area (Å²) < 4.78 is 26.6. The Kier molecular flexibility index (Phi) is 4.41. The fraction of sp³-hybridized carbons (Fsp3) is 0.357. The quantitative estimate of drug-likeness (QED) is 0.841. The monoisotopic (exact) mass is 329 g/mol. The number of carbonyl (C=O) groups excluding carboxylic acids is 2. The summed E-state index contributed by atoms with van der Waals surface area (Å²) in [5.41, 5.74) is 0.603. The van der Waals surface area contributed by atoms with Gasteiger partial charge in [0.05, 0.1) is 6.04 Å². The second-order valence-electron chi connectivity index (χ2n) is 4.94. The van der Waals surface area contributed by atoms with Crippen LogP contribution >= 0.6 is 11.3 Å². The van der Waals surface area contributed by atoms with Crippen LogP contribution in [0.4, 0.5) is 8.78 Å². The fourth-order valence-electron chi connectivity index (χ4n) is 2.24. The number of rotatable bonds is 5. The predicted molar refractivity (Wildman–Crippen MR) is 76.2 cm³/mol. The van der Waals surface area contributed by atoms with Crippen molar-refractivity contribution in [2.24, 2.45) is 0 Å². The summed E-state index contributed by atoms with van der Waals surface area (Å²) in [6.07, 6.45) is 2.55. The molecule has 8 heteroatoms. The van der Waals surface area contributed by atoms with Crippen LogP contribution in [0.1, 0.15) is 26.5 Å². The number of aryl methyl sites for hydroxylation is 1. The lowest BCUT2D eigenvalue weighted by molar-refractivity contribution is -0.147. The van der Waals surface area contributed by atoms with Crippen molar-refractivity contribution in [3.05, 3.63) is 27.5 Å². The fourth-order valence-corrected chi connectivity index (χ4v) is 3.19. The van der Waals surface area contributed by atoms with E-state index in [-0.39, 0.29) is 11.4 Å². The average molecular weight is 329 g/mol. The highest BCUT2D eigenvalue weighted by Crippen LogP contribution is 2.32. The highest BCUT2D eigenvalue weighted by molar-refractivity contribution is 7.15. The molecule has 1 saturated heterocycles. The summed E-state index contributed by atoms with van der Waals surface area (Å²) in [6, 6.07) is 0.522. The van der Waals surface area contributed by atoms with Crippen LogP contribution < -0.4 is 0 Å². The van der Waals surface area contributed by atoms with Crippen molar-refractivity contribution >= 4 is 35.6 Å². The van der Waals surface area contributed by atoms with E-state index in [2.05, 4.69) is 0 Å². The van der Waals surface area contributed by atoms with Gasteiger partial charge in [0, 0.05) is 17.8 Å². The summed E-state index contributed by atoms with van der Waals surface area (Å²) >= 11 is 1.05. The molecule has 1 aliphatic rings. The van der Waals surface area contributed by atoms with E-state index in [4.69, 9.17) is 5.11 Å². The van der Waals surface area contributed by atoms with Gasteiger partial charge in [-0.15, -0.1) is 11.3 Å². The summed E-state index contributed by atoms with van der Waals surface area (Å²) in [7, 11) is 0. The van der Waals surface area contributed by atoms with Gasteiger partial charge >= 0.3 is 11.9 Å². The van der Waals surface area contributed by atoms with E-state index >= 15 is 0 Å². The summed E-state index contributed by atoms with van der Waals surface area (Å²) in [5, 5.41) is 8.95. The molecule has 2 rings (SSSR count). The maximum atomic E-state index is 13.3. The lowest BCUT2D eigenvalue weighted by Crippen LogP contribution is -2.37. The van der Waals surface area contributed by atoms with Gasteiger partial charge in [0.25, 0.3) is 5.91 Å². The van der Waals surface area contributed by atoms with Crippen molar-refractivity contribution in [3.8, 4) is 0 Å². The summed E-state index contributed by atoms with van der Waals surface area (Å²) in [5.74, 6) is -5.89. The van der Waals surface area contributed by atoms with Crippen molar-refractivity contribution in [2.75, 3.05) is 6.54 Å². The molecule has 0 unspecified atom stereocenters. The van der Waals surface area contributed by atoms with E-state index in [1.165, 1.54) is 6.08 Å². The number of carbonyl (C=O) groups is 3. The van der Waals surface area contributed by atoms with Gasteiger partial charge in [-0.2, -0.15) is 8.78 Å². The molecular weight excluding hydrogens is 316 g/mol. The third-order valence-corrected chi connectivity index (χ3v) is 4.50. The summed E-state index contributed by atoms with van der Waals surface area (Å²) in [4.78, 5) is 34.9. The largest absolute Gasteiger partial charge is 0.477 e. The van der Waals surface area contributed by atoms with E-state index in [0.29, 0.717) is 16.7 Å². The first-order chi connectivity index (χ1) is 10.3. The number of amides is 1. The van der Waals surface area contributed by atoms with Crippen molar-refractivity contribution < 1.29 is 28.3 Å². The summed E-state index contributed by atoms with van der Waals surface area (Å²) in [6.45, 7) is 1.53. The first kappa shape index (κ1) is 16.3. The van der Waals surface area contributed by atoms with E-state index in [0.717, 1.165) is 16.2 Å². The lowest BCUT2D eigenvalue weighted by atomic mass is 10.2. The molecular formula is C14H13F2NO4S. The number of hydrogen-bond acceptors (Lipinski definition) is 4. The van der Waals surface area contributed by atoms with Gasteiger partial charge in [0.2, 0.25) is 0 Å². The van der Waals surface area contributed by atoms with Crippen LogP contribution in [0.2, 0.25) is 0 Å². The smallest absolute Gasteiger partial charge is 0.346 e. The molecule has 1 atom stereocenters. The Morgan fingerprint density at radius 1 is 1.59 bits per heavy atom. The molecule has 1 aromatic heterocycles. The Morgan fingerprint density at radius 3 is 2.82 bits per heavy atom. The van der Waals surface area contributed by atoms with Crippen molar-refractivity contribution in [1.29, 1.82) is 0 Å². The number of nitrogens with zero attached hydrogens (tertiary/aromatic N) is 1. The van der Waals surface area contributed by atoms with E-state index in [1.54, 1.807) is 19.1 Å². The molecule has 1 N–H and O–H groups in total. The molecule has 0 bridgehead atoms. The van der Waals surface area contributed by atoms with Gasteiger partial charge in [-0.3, -0.25) is 4.79 Å². The van der Waals surface area contributed by atoms with Gasteiger partial charge in [0.1, 0.15) is 11.2 Å². The molecule has 1 aliphatic heterocycles. The van der Waals surface area contributed by atoms with Gasteiger partial charge in [-0.25, -0.2) is 4.79 Å². The van der Waals surface area contributed by atoms with Crippen LogP contribution in [0.5, 0.6) is 0 Å². The zero-order valence-corrected chi connectivity index (χ0v) is 12.4. The zero-order valence-electron chi connectivity index (χ0n) is 11.6. The van der Waals surface area contributed by atoms with E-state index in [1.807, 2.05) is 0 Å². The lowest BCUT2D eigenvalue weighted by Gasteiger charge is -2.17. The molecule has 0 aromatic carbocycles. The molecule has 0 aliphatic carbocycles. The number of carboxylic acid groups (broad SMARTS) is 1. The zero-order chi connectivity index (χ0) is 16.5. The molecule has 5 nitrogen and oxygen atoms in total. The highest BCUT2D eigenvalue weighted by atomic mass is 32.1. The number of aromatic carboxylic acids is 1. The molecule has 0 spiro atoms. The van der Waals surface area contributed by atoms with E-state index in [9.17, 15) is 23.2 Å². The minimum Gasteiger partial charge on any atom is -0.477 e. The number of carboxylic acids is 1. The number of thiophene rings is 1. The minimum absolute atomic E-state index is 0.128. The van der Waals surface area contributed by atoms with Crippen molar-refractivity contribution in [3.63, 3.8) is 0 Å². The number of halogens is 2. The van der Waals surface area contributed by atoms with Gasteiger partial charge in [0.15, 0.2) is 0 Å². The van der Waals surface area contributed by atoms with Crippen LogP contribution in [0.15, 0.2) is 12.1 Å². The number of alkyl halides is 2. The van der Waals surface area contributed by atoms with Crippen LogP contribution in [0.25, 0.3) is 6.08 Å². The SMILES string of the molecule is Cc1cc(/C=C\CN2C(=O)C(F)(F)C[C@@H]2C=O)sc1C(=O)O. The number of aldehydes is 1. The van der Waals surface area contributed by atoms with Crippen LogP contribution in [-0.4, -0.2) is 46.7 Å². The molecule has 0 saturated carbocycles. The van der Waals surface area contributed by atoms with Gasteiger partial charge in [-0.05, 0) is 24.6 Å². The molecule has 1 fully saturated rings. The Morgan fingerprint density at radius 2 is 2.27 bits per heavy atom. The maximum Gasteiger partial charge on any atom is 0.346 e. The standard InChI is InChI=1S/C14H13F2NO4S/c1-8-5-10(22-11(8)12(19)20)3-2-4-17-9(7-18)6-14(15,16)13(17)21/h2-3,5,7,9H,4,6H2,1H3,(H,19,20)/b3-2-/t9-/m1/s1. The van der Waals surface area contributed by atoms with Crippen molar-refractivity contribution in [2.45, 2.75) is 25.3 Å². The Labute approximate surface area is 128 Å². The van der Waals surface area contributed by atoms with Crippen LogP contribution in [0.3, 0.4) is 0 Å². The topological polar surface area (TPSA) is 74.7 Å².